The summed E-state index contributed by atoms with van der Waals surface area (Å²) in [5.74, 6) is 0.650. The standard InChI is InChI=1S/C12H19N/c1-5-11(4)13-12-7-9(2)6-10(3)8-12/h6-7,10,13H,4-5,8H2,1-3H3. The van der Waals surface area contributed by atoms with Gasteiger partial charge in [-0.25, -0.2) is 0 Å². The van der Waals surface area contributed by atoms with Gasteiger partial charge in [-0.15, -0.1) is 0 Å². The minimum absolute atomic E-state index is 0.650. The predicted molar refractivity (Wildman–Crippen MR) is 58.2 cm³/mol. The summed E-state index contributed by atoms with van der Waals surface area (Å²) in [4.78, 5) is 0. The molecule has 0 saturated heterocycles. The first kappa shape index (κ1) is 10.1. The van der Waals surface area contributed by atoms with E-state index >= 15 is 0 Å². The van der Waals surface area contributed by atoms with E-state index in [0.717, 1.165) is 18.5 Å². The maximum Gasteiger partial charge on any atom is 0.0156 e. The van der Waals surface area contributed by atoms with Crippen molar-refractivity contribution >= 4 is 0 Å². The van der Waals surface area contributed by atoms with Crippen LogP contribution >= 0.6 is 0 Å². The first-order valence-electron chi connectivity index (χ1n) is 4.95. The van der Waals surface area contributed by atoms with Crippen LogP contribution in [0, 0.1) is 5.92 Å². The van der Waals surface area contributed by atoms with Gasteiger partial charge in [0.25, 0.3) is 0 Å². The van der Waals surface area contributed by atoms with Crippen LogP contribution in [0.2, 0.25) is 0 Å². The van der Waals surface area contributed by atoms with Crippen molar-refractivity contribution in [3.05, 3.63) is 35.7 Å². The molecule has 1 unspecified atom stereocenters. The number of allylic oxidation sites excluding steroid dienone is 5. The molecule has 0 aliphatic heterocycles. The molecular formula is C12H19N. The molecule has 0 amide bonds. The molecule has 1 atom stereocenters. The Kier molecular flexibility index (Phi) is 3.35. The van der Waals surface area contributed by atoms with Crippen molar-refractivity contribution in [3.8, 4) is 0 Å². The topological polar surface area (TPSA) is 12.0 Å². The molecule has 0 radical (unpaired) electrons. The smallest absolute Gasteiger partial charge is 0.0156 e. The maximum absolute atomic E-state index is 3.95. The molecule has 0 aromatic heterocycles. The normalized spacial score (nSPS) is 21.9. The lowest BCUT2D eigenvalue weighted by Crippen LogP contribution is -2.15. The highest BCUT2D eigenvalue weighted by Gasteiger charge is 2.09. The fourth-order valence-corrected chi connectivity index (χ4v) is 1.64. The Hall–Kier alpha value is -0.980. The second kappa shape index (κ2) is 4.31. The lowest BCUT2D eigenvalue weighted by atomic mass is 9.96. The van der Waals surface area contributed by atoms with Crippen LogP contribution in [0.25, 0.3) is 0 Å². The van der Waals surface area contributed by atoms with Gasteiger partial charge in [0, 0.05) is 11.4 Å². The Morgan fingerprint density at radius 1 is 1.69 bits per heavy atom. The molecule has 1 aliphatic rings. The Morgan fingerprint density at radius 3 is 2.92 bits per heavy atom. The molecule has 0 spiro atoms. The van der Waals surface area contributed by atoms with E-state index in [1.165, 1.54) is 11.3 Å². The zero-order valence-electron chi connectivity index (χ0n) is 8.85. The predicted octanol–water partition coefficient (Wildman–Crippen LogP) is 3.37. The van der Waals surface area contributed by atoms with Crippen molar-refractivity contribution in [1.29, 1.82) is 0 Å². The maximum atomic E-state index is 3.95. The van der Waals surface area contributed by atoms with E-state index in [0.29, 0.717) is 5.92 Å². The number of nitrogens with one attached hydrogen (secondary N) is 1. The van der Waals surface area contributed by atoms with E-state index in [-0.39, 0.29) is 0 Å². The van der Waals surface area contributed by atoms with Crippen molar-refractivity contribution < 1.29 is 0 Å². The van der Waals surface area contributed by atoms with Crippen molar-refractivity contribution in [2.24, 2.45) is 5.92 Å². The lowest BCUT2D eigenvalue weighted by molar-refractivity contribution is 0.660. The number of hydrogen-bond donors (Lipinski definition) is 1. The molecular weight excluding hydrogens is 158 g/mol. The molecule has 0 saturated carbocycles. The summed E-state index contributed by atoms with van der Waals surface area (Å²) < 4.78 is 0. The van der Waals surface area contributed by atoms with Crippen LogP contribution < -0.4 is 5.32 Å². The van der Waals surface area contributed by atoms with Gasteiger partial charge in [0.05, 0.1) is 0 Å². The summed E-state index contributed by atoms with van der Waals surface area (Å²) in [7, 11) is 0. The minimum atomic E-state index is 0.650. The third-order valence-electron chi connectivity index (χ3n) is 2.26. The first-order valence-corrected chi connectivity index (χ1v) is 4.95. The Balaban J connectivity index is 2.61. The molecule has 1 aliphatic carbocycles. The fraction of sp³-hybridized carbons (Fsp3) is 0.500. The summed E-state index contributed by atoms with van der Waals surface area (Å²) in [6.45, 7) is 10.4. The Morgan fingerprint density at radius 2 is 2.38 bits per heavy atom. The number of hydrogen-bond acceptors (Lipinski definition) is 1. The highest BCUT2D eigenvalue weighted by molar-refractivity contribution is 5.28. The molecule has 0 aromatic rings. The van der Waals surface area contributed by atoms with Crippen LogP contribution in [0.4, 0.5) is 0 Å². The molecule has 1 nitrogen and oxygen atoms in total. The molecule has 0 aromatic carbocycles. The lowest BCUT2D eigenvalue weighted by Gasteiger charge is -2.19. The molecule has 1 N–H and O–H groups in total. The molecule has 72 valence electrons. The van der Waals surface area contributed by atoms with E-state index < -0.39 is 0 Å². The average Bonchev–Trinajstić information content (AvgIpc) is 2.02. The summed E-state index contributed by atoms with van der Waals surface area (Å²) in [6, 6.07) is 0. The minimum Gasteiger partial charge on any atom is -0.363 e. The van der Waals surface area contributed by atoms with Crippen molar-refractivity contribution in [1.82, 2.24) is 5.32 Å². The quantitative estimate of drug-likeness (QED) is 0.697. The zero-order chi connectivity index (χ0) is 9.84. The van der Waals surface area contributed by atoms with Gasteiger partial charge in [-0.05, 0) is 31.8 Å². The van der Waals surface area contributed by atoms with Crippen molar-refractivity contribution in [3.63, 3.8) is 0 Å². The third kappa shape index (κ3) is 3.10. The van der Waals surface area contributed by atoms with Crippen LogP contribution in [0.3, 0.4) is 0 Å². The first-order chi connectivity index (χ1) is 6.11. The average molecular weight is 177 g/mol. The van der Waals surface area contributed by atoms with Gasteiger partial charge in [0.15, 0.2) is 0 Å². The largest absolute Gasteiger partial charge is 0.363 e. The van der Waals surface area contributed by atoms with Crippen LogP contribution in [0.5, 0.6) is 0 Å². The van der Waals surface area contributed by atoms with Gasteiger partial charge in [-0.3, -0.25) is 0 Å². The molecule has 0 heterocycles. The van der Waals surface area contributed by atoms with Crippen molar-refractivity contribution in [2.75, 3.05) is 0 Å². The summed E-state index contributed by atoms with van der Waals surface area (Å²) in [5, 5.41) is 3.36. The SMILES string of the molecule is C=C(CC)NC1=CC(C)=CC(C)C1. The monoisotopic (exact) mass is 177 g/mol. The van der Waals surface area contributed by atoms with E-state index in [4.69, 9.17) is 0 Å². The van der Waals surface area contributed by atoms with E-state index in [9.17, 15) is 0 Å². The van der Waals surface area contributed by atoms with Crippen LogP contribution in [-0.4, -0.2) is 0 Å². The molecule has 0 fully saturated rings. The summed E-state index contributed by atoms with van der Waals surface area (Å²) >= 11 is 0. The van der Waals surface area contributed by atoms with Gasteiger partial charge in [-0.2, -0.15) is 0 Å². The van der Waals surface area contributed by atoms with Crippen molar-refractivity contribution in [2.45, 2.75) is 33.6 Å². The van der Waals surface area contributed by atoms with Crippen LogP contribution in [0.1, 0.15) is 33.6 Å². The van der Waals surface area contributed by atoms with Gasteiger partial charge >= 0.3 is 0 Å². The summed E-state index contributed by atoms with van der Waals surface area (Å²) in [6.07, 6.45) is 6.62. The molecule has 1 rings (SSSR count). The summed E-state index contributed by atoms with van der Waals surface area (Å²) in [5.41, 5.74) is 3.76. The van der Waals surface area contributed by atoms with E-state index in [1.54, 1.807) is 0 Å². The second-order valence-corrected chi connectivity index (χ2v) is 3.84. The fourth-order valence-electron chi connectivity index (χ4n) is 1.64. The molecule has 0 bridgehead atoms. The van der Waals surface area contributed by atoms with Gasteiger partial charge in [0.2, 0.25) is 0 Å². The molecule has 13 heavy (non-hydrogen) atoms. The van der Waals surface area contributed by atoms with E-state index in [1.807, 2.05) is 0 Å². The second-order valence-electron chi connectivity index (χ2n) is 3.84. The van der Waals surface area contributed by atoms with Crippen LogP contribution in [-0.2, 0) is 0 Å². The van der Waals surface area contributed by atoms with Crippen LogP contribution in [0.15, 0.2) is 35.7 Å². The van der Waals surface area contributed by atoms with Gasteiger partial charge < -0.3 is 5.32 Å². The van der Waals surface area contributed by atoms with Gasteiger partial charge in [0.1, 0.15) is 0 Å². The Labute approximate surface area is 81.2 Å². The molecule has 1 heteroatoms. The highest BCUT2D eigenvalue weighted by Crippen LogP contribution is 2.21. The zero-order valence-corrected chi connectivity index (χ0v) is 8.85. The van der Waals surface area contributed by atoms with E-state index in [2.05, 4.69) is 44.8 Å². The highest BCUT2D eigenvalue weighted by atomic mass is 14.9. The van der Waals surface area contributed by atoms with Gasteiger partial charge in [-0.1, -0.05) is 32.1 Å². The Bertz CT molecular complexity index is 258. The third-order valence-corrected chi connectivity index (χ3v) is 2.26. The number of rotatable bonds is 3.